The zero-order chi connectivity index (χ0) is 15.4. The van der Waals surface area contributed by atoms with E-state index in [1.807, 2.05) is 0 Å². The van der Waals surface area contributed by atoms with Crippen molar-refractivity contribution in [3.05, 3.63) is 0 Å². The minimum Gasteiger partial charge on any atom is -0.311 e. The van der Waals surface area contributed by atoms with Crippen molar-refractivity contribution in [3.8, 4) is 0 Å². The van der Waals surface area contributed by atoms with Crippen LogP contribution < -0.4 is 5.32 Å². The van der Waals surface area contributed by atoms with Crippen LogP contribution in [0.3, 0.4) is 0 Å². The Morgan fingerprint density at radius 2 is 1.80 bits per heavy atom. The molecule has 0 aromatic rings. The molecule has 120 valence electrons. The van der Waals surface area contributed by atoms with Gasteiger partial charge in [0.05, 0.1) is 0 Å². The summed E-state index contributed by atoms with van der Waals surface area (Å²) in [5, 5.41) is 3.58. The second-order valence-electron chi connectivity index (χ2n) is 6.96. The highest BCUT2D eigenvalue weighted by atomic mass is 19.4. The summed E-state index contributed by atoms with van der Waals surface area (Å²) in [5.41, 5.74) is 0.183. The first kappa shape index (κ1) is 17.8. The van der Waals surface area contributed by atoms with Crippen LogP contribution in [0.15, 0.2) is 0 Å². The maximum Gasteiger partial charge on any atom is 0.389 e. The Bertz CT molecular complexity index is 284. The number of hydrogen-bond acceptors (Lipinski definition) is 2. The Morgan fingerprint density at radius 1 is 1.15 bits per heavy atom. The lowest BCUT2D eigenvalue weighted by atomic mass is 9.84. The molecule has 0 aromatic carbocycles. The van der Waals surface area contributed by atoms with Crippen LogP contribution in [-0.2, 0) is 0 Å². The van der Waals surface area contributed by atoms with Crippen LogP contribution in [0.5, 0.6) is 0 Å². The molecule has 2 atom stereocenters. The van der Waals surface area contributed by atoms with Crippen molar-refractivity contribution in [3.63, 3.8) is 0 Å². The summed E-state index contributed by atoms with van der Waals surface area (Å²) in [4.78, 5) is 2.38. The van der Waals surface area contributed by atoms with Crippen molar-refractivity contribution < 1.29 is 13.2 Å². The molecule has 2 unspecified atom stereocenters. The molecule has 1 aliphatic heterocycles. The molecule has 0 spiro atoms. The monoisotopic (exact) mass is 294 g/mol. The number of rotatable bonds is 5. The van der Waals surface area contributed by atoms with Crippen LogP contribution in [0.25, 0.3) is 0 Å². The standard InChI is InChI=1S/C15H29F3N2/c1-5-12-10-19-13(14(2,3)4)11-20(12)9-7-6-8-15(16,17)18/h12-13,19H,5-11H2,1-4H3. The van der Waals surface area contributed by atoms with Crippen molar-refractivity contribution >= 4 is 0 Å². The van der Waals surface area contributed by atoms with Gasteiger partial charge in [0.25, 0.3) is 0 Å². The maximum atomic E-state index is 12.2. The molecule has 0 saturated carbocycles. The van der Waals surface area contributed by atoms with Gasteiger partial charge in [-0.3, -0.25) is 4.90 Å². The number of alkyl halides is 3. The molecule has 0 aromatic heterocycles. The van der Waals surface area contributed by atoms with E-state index in [1.54, 1.807) is 0 Å². The Balaban J connectivity index is 2.43. The number of nitrogens with one attached hydrogen (secondary N) is 1. The predicted octanol–water partition coefficient (Wildman–Crippen LogP) is 3.82. The fourth-order valence-electron chi connectivity index (χ4n) is 2.75. The molecular formula is C15H29F3N2. The highest BCUT2D eigenvalue weighted by Gasteiger charge is 2.33. The molecule has 0 radical (unpaired) electrons. The second kappa shape index (κ2) is 7.12. The summed E-state index contributed by atoms with van der Waals surface area (Å²) in [6, 6.07) is 0.868. The van der Waals surface area contributed by atoms with Gasteiger partial charge >= 0.3 is 6.18 Å². The van der Waals surface area contributed by atoms with E-state index >= 15 is 0 Å². The average Bonchev–Trinajstić information content (AvgIpc) is 2.32. The fraction of sp³-hybridized carbons (Fsp3) is 1.00. The lowest BCUT2D eigenvalue weighted by molar-refractivity contribution is -0.135. The normalized spacial score (nSPS) is 25.9. The van der Waals surface area contributed by atoms with Gasteiger partial charge < -0.3 is 5.32 Å². The zero-order valence-corrected chi connectivity index (χ0v) is 13.2. The van der Waals surface area contributed by atoms with Crippen LogP contribution in [0.2, 0.25) is 0 Å². The van der Waals surface area contributed by atoms with Crippen LogP contribution in [0, 0.1) is 5.41 Å². The number of nitrogens with zero attached hydrogens (tertiary/aromatic N) is 1. The van der Waals surface area contributed by atoms with E-state index in [2.05, 4.69) is 37.9 Å². The Labute approximate surface area is 121 Å². The first-order valence-electron chi connectivity index (χ1n) is 7.67. The summed E-state index contributed by atoms with van der Waals surface area (Å²) in [5.74, 6) is 0. The third kappa shape index (κ3) is 6.00. The molecule has 1 heterocycles. The predicted molar refractivity (Wildman–Crippen MR) is 76.8 cm³/mol. The van der Waals surface area contributed by atoms with Gasteiger partial charge in [-0.2, -0.15) is 13.2 Å². The smallest absolute Gasteiger partial charge is 0.311 e. The summed E-state index contributed by atoms with van der Waals surface area (Å²) in [6.45, 7) is 11.4. The Morgan fingerprint density at radius 3 is 2.30 bits per heavy atom. The molecule has 0 bridgehead atoms. The summed E-state index contributed by atoms with van der Waals surface area (Å²) in [6.07, 6.45) is -2.75. The Hall–Kier alpha value is -0.290. The van der Waals surface area contributed by atoms with E-state index in [-0.39, 0.29) is 11.8 Å². The summed E-state index contributed by atoms with van der Waals surface area (Å²) < 4.78 is 36.5. The molecule has 1 N–H and O–H groups in total. The maximum absolute atomic E-state index is 12.2. The third-order valence-corrected chi connectivity index (χ3v) is 4.21. The van der Waals surface area contributed by atoms with Crippen molar-refractivity contribution in [1.29, 1.82) is 0 Å². The van der Waals surface area contributed by atoms with Gasteiger partial charge in [-0.1, -0.05) is 27.7 Å². The van der Waals surface area contributed by atoms with Gasteiger partial charge in [-0.15, -0.1) is 0 Å². The second-order valence-corrected chi connectivity index (χ2v) is 6.96. The topological polar surface area (TPSA) is 15.3 Å². The van der Waals surface area contributed by atoms with Crippen LogP contribution in [0.4, 0.5) is 13.2 Å². The molecule has 0 aliphatic carbocycles. The van der Waals surface area contributed by atoms with Crippen LogP contribution in [-0.4, -0.2) is 42.8 Å². The van der Waals surface area contributed by atoms with Gasteiger partial charge in [-0.05, 0) is 31.2 Å². The van der Waals surface area contributed by atoms with Crippen molar-refractivity contribution in [2.45, 2.75) is 71.6 Å². The molecular weight excluding hydrogens is 265 g/mol. The first-order valence-corrected chi connectivity index (χ1v) is 7.67. The van der Waals surface area contributed by atoms with E-state index in [1.165, 1.54) is 0 Å². The van der Waals surface area contributed by atoms with Gasteiger partial charge in [0.15, 0.2) is 0 Å². The molecule has 0 amide bonds. The first-order chi connectivity index (χ1) is 9.13. The van der Waals surface area contributed by atoms with E-state index in [9.17, 15) is 13.2 Å². The molecule has 2 nitrogen and oxygen atoms in total. The molecule has 1 fully saturated rings. The number of piperazine rings is 1. The number of halogens is 3. The number of unbranched alkanes of at least 4 members (excludes halogenated alkanes) is 1. The molecule has 1 rings (SSSR count). The zero-order valence-electron chi connectivity index (χ0n) is 13.2. The Kier molecular flexibility index (Phi) is 6.32. The van der Waals surface area contributed by atoms with Gasteiger partial charge in [0, 0.05) is 31.6 Å². The lowest BCUT2D eigenvalue weighted by Crippen LogP contribution is -2.60. The minimum atomic E-state index is -4.01. The largest absolute Gasteiger partial charge is 0.389 e. The van der Waals surface area contributed by atoms with Crippen LogP contribution in [0.1, 0.15) is 53.4 Å². The SMILES string of the molecule is CCC1CNC(C(C)(C)C)CN1CCCCC(F)(F)F. The van der Waals surface area contributed by atoms with Crippen molar-refractivity contribution in [1.82, 2.24) is 10.2 Å². The fourth-order valence-corrected chi connectivity index (χ4v) is 2.75. The third-order valence-electron chi connectivity index (χ3n) is 4.21. The van der Waals surface area contributed by atoms with Gasteiger partial charge in [-0.25, -0.2) is 0 Å². The average molecular weight is 294 g/mol. The summed E-state index contributed by atoms with van der Waals surface area (Å²) >= 11 is 0. The number of hydrogen-bond donors (Lipinski definition) is 1. The minimum absolute atomic E-state index is 0.183. The van der Waals surface area contributed by atoms with E-state index in [0.29, 0.717) is 18.5 Å². The summed E-state index contributed by atoms with van der Waals surface area (Å²) in [7, 11) is 0. The molecule has 5 heteroatoms. The van der Waals surface area contributed by atoms with E-state index in [0.717, 1.165) is 26.1 Å². The van der Waals surface area contributed by atoms with E-state index < -0.39 is 12.6 Å². The quantitative estimate of drug-likeness (QED) is 0.776. The van der Waals surface area contributed by atoms with Crippen LogP contribution >= 0.6 is 0 Å². The van der Waals surface area contributed by atoms with Gasteiger partial charge in [0.1, 0.15) is 0 Å². The molecule has 1 aliphatic rings. The highest BCUT2D eigenvalue weighted by molar-refractivity contribution is 4.91. The lowest BCUT2D eigenvalue weighted by Gasteiger charge is -2.45. The molecule has 20 heavy (non-hydrogen) atoms. The van der Waals surface area contributed by atoms with Crippen molar-refractivity contribution in [2.24, 2.45) is 5.41 Å². The van der Waals surface area contributed by atoms with E-state index in [4.69, 9.17) is 0 Å². The van der Waals surface area contributed by atoms with Crippen molar-refractivity contribution in [2.75, 3.05) is 19.6 Å². The van der Waals surface area contributed by atoms with Gasteiger partial charge in [0.2, 0.25) is 0 Å². The highest BCUT2D eigenvalue weighted by Crippen LogP contribution is 2.26. The molecule has 1 saturated heterocycles.